The normalized spacial score (nSPS) is 13.6. The van der Waals surface area contributed by atoms with Gasteiger partial charge < -0.3 is 19.6 Å². The minimum atomic E-state index is -4.47. The Morgan fingerprint density at radius 2 is 1.64 bits per heavy atom. The lowest BCUT2D eigenvalue weighted by atomic mass is 10.1. The van der Waals surface area contributed by atoms with Gasteiger partial charge in [0.15, 0.2) is 0 Å². The first kappa shape index (κ1) is 28.3. The van der Waals surface area contributed by atoms with Crippen molar-refractivity contribution in [2.24, 2.45) is 0 Å². The number of hydrogen-bond donors (Lipinski definition) is 1. The molecule has 8 heteroatoms. The third kappa shape index (κ3) is 11.0. The third-order valence-electron chi connectivity index (χ3n) is 3.32. The topological polar surface area (TPSA) is 53.0 Å². The highest BCUT2D eigenvalue weighted by Crippen LogP contribution is 2.36. The molecule has 0 bridgehead atoms. The number of hydrogen-bond acceptors (Lipinski definition) is 4. The number of aromatic hydroxyl groups is 1. The summed E-state index contributed by atoms with van der Waals surface area (Å²) in [6.07, 6.45) is -1.75. The molecular weight excluding hydrogens is 373 g/mol. The molecule has 0 spiro atoms. The number of rotatable bonds is 2. The Morgan fingerprint density at radius 1 is 1.11 bits per heavy atom. The van der Waals surface area contributed by atoms with Crippen LogP contribution in [0, 0.1) is 0 Å². The van der Waals surface area contributed by atoms with E-state index in [9.17, 15) is 23.1 Å². The van der Waals surface area contributed by atoms with Gasteiger partial charge in [0, 0.05) is 40.4 Å². The number of phenolic OH excluding ortho intramolecular Hbond substituents is 1. The quantitative estimate of drug-likeness (QED) is 0.716. The van der Waals surface area contributed by atoms with Crippen LogP contribution in [0.5, 0.6) is 5.75 Å². The molecule has 1 aliphatic heterocycles. The van der Waals surface area contributed by atoms with E-state index in [-0.39, 0.29) is 5.75 Å². The molecule has 0 saturated carbocycles. The average molecular weight is 409 g/mol. The zero-order chi connectivity index (χ0) is 22.2. The maximum atomic E-state index is 12.5. The lowest BCUT2D eigenvalue weighted by Crippen LogP contribution is -2.30. The summed E-state index contributed by atoms with van der Waals surface area (Å²) < 4.78 is 41.9. The summed E-state index contributed by atoms with van der Waals surface area (Å²) in [5.41, 5.74) is -0.506. The van der Waals surface area contributed by atoms with E-state index in [0.717, 1.165) is 18.5 Å². The Morgan fingerprint density at radius 3 is 2.07 bits per heavy atom. The molecular formula is C20H35F3N2O3. The van der Waals surface area contributed by atoms with Crippen molar-refractivity contribution in [3.63, 3.8) is 0 Å². The smallest absolute Gasteiger partial charge is 0.416 e. The first-order valence-electron chi connectivity index (χ1n) is 9.49. The molecule has 0 radical (unpaired) electrons. The predicted octanol–water partition coefficient (Wildman–Crippen LogP) is 4.78. The summed E-state index contributed by atoms with van der Waals surface area (Å²) in [5, 5.41) is 9.80. The molecule has 164 valence electrons. The van der Waals surface area contributed by atoms with Crippen LogP contribution in [0.15, 0.2) is 18.2 Å². The van der Waals surface area contributed by atoms with E-state index in [2.05, 4.69) is 18.6 Å². The predicted molar refractivity (Wildman–Crippen MR) is 108 cm³/mol. The van der Waals surface area contributed by atoms with Crippen LogP contribution in [0.2, 0.25) is 0 Å². The van der Waals surface area contributed by atoms with Gasteiger partial charge in [0.25, 0.3) is 0 Å². The Bertz CT molecular complexity index is 524. The van der Waals surface area contributed by atoms with E-state index in [1.165, 1.54) is 12.5 Å². The molecule has 0 unspecified atom stereocenters. The molecule has 1 amide bonds. The van der Waals surface area contributed by atoms with Gasteiger partial charge in [0.1, 0.15) is 5.75 Å². The van der Waals surface area contributed by atoms with E-state index in [1.807, 2.05) is 13.8 Å². The Balaban J connectivity index is 0. The van der Waals surface area contributed by atoms with Crippen LogP contribution >= 0.6 is 0 Å². The van der Waals surface area contributed by atoms with E-state index in [4.69, 9.17) is 0 Å². The number of carbonyl (C=O) groups is 1. The number of ether oxygens (including phenoxy) is 1. The molecule has 0 aliphatic carbocycles. The SMILES string of the molecule is CC.CCC.COC.O=CN1CCCN(c2ccc(C(F)(F)F)cc2O)CC1. The van der Waals surface area contributed by atoms with Crippen molar-refractivity contribution in [2.75, 3.05) is 45.3 Å². The fraction of sp³-hybridized carbons (Fsp3) is 0.650. The fourth-order valence-corrected chi connectivity index (χ4v) is 2.25. The third-order valence-corrected chi connectivity index (χ3v) is 3.32. The van der Waals surface area contributed by atoms with Crippen molar-refractivity contribution in [1.29, 1.82) is 0 Å². The molecule has 28 heavy (non-hydrogen) atoms. The molecule has 1 aromatic rings. The molecule has 5 nitrogen and oxygen atoms in total. The second kappa shape index (κ2) is 16.0. The number of anilines is 1. The first-order chi connectivity index (χ1) is 13.2. The second-order valence-corrected chi connectivity index (χ2v) is 5.80. The van der Waals surface area contributed by atoms with Gasteiger partial charge in [0.2, 0.25) is 6.41 Å². The number of methoxy groups -OCH3 is 1. The number of nitrogens with zero attached hydrogens (tertiary/aromatic N) is 2. The standard InChI is InChI=1S/C13H15F3N2O2.C3H8.C2H6O.C2H6/c14-13(15,16)10-2-3-11(12(20)8-10)18-5-1-4-17(9-19)6-7-18;2*1-3-2;1-2/h2-3,8-9,20H,1,4-7H2;3H2,1-2H3;1-2H3;1-2H3. The van der Waals surface area contributed by atoms with Crippen LogP contribution in [0.1, 0.15) is 46.1 Å². The van der Waals surface area contributed by atoms with Crippen LogP contribution in [-0.4, -0.2) is 56.8 Å². The van der Waals surface area contributed by atoms with Gasteiger partial charge in [-0.15, -0.1) is 0 Å². The molecule has 1 aliphatic rings. The van der Waals surface area contributed by atoms with Crippen LogP contribution in [0.3, 0.4) is 0 Å². The maximum absolute atomic E-state index is 12.5. The van der Waals surface area contributed by atoms with Gasteiger partial charge >= 0.3 is 6.18 Å². The Hall–Kier alpha value is -1.96. The van der Waals surface area contributed by atoms with Crippen LogP contribution in [-0.2, 0) is 15.7 Å². The lowest BCUT2D eigenvalue weighted by molar-refractivity contribution is -0.137. The highest BCUT2D eigenvalue weighted by molar-refractivity contribution is 5.59. The minimum absolute atomic E-state index is 0.366. The number of phenols is 1. The molecule has 0 aromatic heterocycles. The van der Waals surface area contributed by atoms with Crippen LogP contribution < -0.4 is 4.90 Å². The second-order valence-electron chi connectivity index (χ2n) is 5.80. The van der Waals surface area contributed by atoms with Crippen molar-refractivity contribution in [2.45, 2.75) is 46.7 Å². The Labute approximate surface area is 167 Å². The number of carbonyl (C=O) groups excluding carboxylic acids is 1. The largest absolute Gasteiger partial charge is 0.506 e. The summed E-state index contributed by atoms with van der Waals surface area (Å²) in [6.45, 7) is 10.4. The molecule has 1 saturated heterocycles. The molecule has 1 heterocycles. The van der Waals surface area contributed by atoms with E-state index in [1.54, 1.807) is 24.0 Å². The number of halogens is 3. The van der Waals surface area contributed by atoms with Gasteiger partial charge in [-0.1, -0.05) is 34.1 Å². The van der Waals surface area contributed by atoms with E-state index in [0.29, 0.717) is 38.3 Å². The highest BCUT2D eigenvalue weighted by atomic mass is 19.4. The van der Waals surface area contributed by atoms with Crippen molar-refractivity contribution >= 4 is 12.1 Å². The van der Waals surface area contributed by atoms with E-state index >= 15 is 0 Å². The van der Waals surface area contributed by atoms with Crippen LogP contribution in [0.25, 0.3) is 0 Å². The average Bonchev–Trinajstić information content (AvgIpc) is 2.89. The number of alkyl halides is 3. The zero-order valence-corrected chi connectivity index (χ0v) is 17.8. The maximum Gasteiger partial charge on any atom is 0.416 e. The van der Waals surface area contributed by atoms with Crippen molar-refractivity contribution in [3.05, 3.63) is 23.8 Å². The molecule has 2 rings (SSSR count). The van der Waals surface area contributed by atoms with Gasteiger partial charge in [-0.3, -0.25) is 4.79 Å². The van der Waals surface area contributed by atoms with Crippen molar-refractivity contribution in [3.8, 4) is 5.75 Å². The monoisotopic (exact) mass is 408 g/mol. The molecule has 1 fully saturated rings. The van der Waals surface area contributed by atoms with Crippen molar-refractivity contribution in [1.82, 2.24) is 4.90 Å². The summed E-state index contributed by atoms with van der Waals surface area (Å²) in [5.74, 6) is -0.389. The summed E-state index contributed by atoms with van der Waals surface area (Å²) in [4.78, 5) is 14.1. The minimum Gasteiger partial charge on any atom is -0.506 e. The van der Waals surface area contributed by atoms with Gasteiger partial charge in [0.05, 0.1) is 11.3 Å². The Kier molecular flexibility index (Phi) is 16.2. The highest BCUT2D eigenvalue weighted by Gasteiger charge is 2.31. The van der Waals surface area contributed by atoms with E-state index < -0.39 is 11.7 Å². The number of amides is 1. The van der Waals surface area contributed by atoms with Crippen LogP contribution in [0.4, 0.5) is 18.9 Å². The van der Waals surface area contributed by atoms with Gasteiger partial charge in [-0.05, 0) is 24.6 Å². The fourth-order valence-electron chi connectivity index (χ4n) is 2.25. The number of benzene rings is 1. The molecule has 1 aromatic carbocycles. The zero-order valence-electron chi connectivity index (χ0n) is 17.8. The first-order valence-corrected chi connectivity index (χ1v) is 9.49. The molecule has 0 atom stereocenters. The lowest BCUT2D eigenvalue weighted by Gasteiger charge is -2.24. The molecule has 1 N–H and O–H groups in total. The summed E-state index contributed by atoms with van der Waals surface area (Å²) >= 11 is 0. The van der Waals surface area contributed by atoms with Crippen molar-refractivity contribution < 1.29 is 27.8 Å². The van der Waals surface area contributed by atoms with Gasteiger partial charge in [-0.25, -0.2) is 0 Å². The van der Waals surface area contributed by atoms with Gasteiger partial charge in [-0.2, -0.15) is 13.2 Å². The summed E-state index contributed by atoms with van der Waals surface area (Å²) in [7, 11) is 3.25. The summed E-state index contributed by atoms with van der Waals surface area (Å²) in [6, 6.07) is 2.96.